The second-order valence-electron chi connectivity index (χ2n) is 21.6. The molecule has 0 aromatic heterocycles. The number of halogens is 4. The van der Waals surface area contributed by atoms with Crippen molar-refractivity contribution >= 4 is 59.4 Å². The summed E-state index contributed by atoms with van der Waals surface area (Å²) < 4.78 is 15.0. The van der Waals surface area contributed by atoms with Crippen molar-refractivity contribution in [2.75, 3.05) is 9.80 Å². The molecule has 0 fully saturated rings. The van der Waals surface area contributed by atoms with E-state index in [-0.39, 0.29) is 23.0 Å². The molecular formula is C66H88Cl4N2O2Ru2-2. The summed E-state index contributed by atoms with van der Waals surface area (Å²) in [6.07, 6.45) is 1.38. The van der Waals surface area contributed by atoms with Crippen LogP contribution in [0.2, 0.25) is 0 Å². The Labute approximate surface area is 487 Å². The van der Waals surface area contributed by atoms with Crippen LogP contribution in [-0.4, -0.2) is 33.5 Å². The van der Waals surface area contributed by atoms with Crippen LogP contribution in [0.5, 0.6) is 11.5 Å². The van der Waals surface area contributed by atoms with E-state index in [4.69, 9.17) is 48.2 Å². The van der Waals surface area contributed by atoms with Crippen LogP contribution in [0.4, 0.5) is 11.4 Å². The standard InChI is InChI=1S/C24H34N.C22H30N.2C10H12O.4ClH.2Ru/c1-8-20-13-12-16-22(18(2)3)23(20)25(19(4)5)17-24(6,7)21-14-10-9-11-15-21;1-16(2)23(21-18(4)13-17(3)14-19(21)5)15-22(6,7)20-11-9-8-10-12-20;2*1-8(2)11-10-7-5-4-6-9(10)3;;;;;;/h9-19H,8H2,1-7H3;8-16H,1-7H3;2*3-8H,1-2H3;4*1H;;/q2*-1;;;;;;;2*+2/p-4. The van der Waals surface area contributed by atoms with Crippen LogP contribution >= 0.6 is 38.8 Å². The molecule has 0 saturated carbocycles. The quantitative estimate of drug-likeness (QED) is 0.0632. The van der Waals surface area contributed by atoms with Crippen LogP contribution in [0.25, 0.3) is 0 Å². The molecule has 76 heavy (non-hydrogen) atoms. The summed E-state index contributed by atoms with van der Waals surface area (Å²) in [4.78, 5) is 4.94. The Morgan fingerprint density at radius 1 is 0.500 bits per heavy atom. The van der Waals surface area contributed by atoms with Crippen molar-refractivity contribution in [3.8, 4) is 11.5 Å². The largest absolute Gasteiger partial charge is 0.519 e. The van der Waals surface area contributed by atoms with Gasteiger partial charge in [0.25, 0.3) is 0 Å². The van der Waals surface area contributed by atoms with Gasteiger partial charge in [-0.25, -0.2) is 13.1 Å². The first kappa shape index (κ1) is 66.9. The van der Waals surface area contributed by atoms with Gasteiger partial charge in [0.1, 0.15) is 0 Å². The average molecular weight is 1290 g/mol. The van der Waals surface area contributed by atoms with Gasteiger partial charge in [-0.3, -0.25) is 0 Å². The Morgan fingerprint density at radius 2 is 0.868 bits per heavy atom. The fraction of sp³-hybridized carbons (Fsp3) is 0.394. The number of benzene rings is 6. The van der Waals surface area contributed by atoms with E-state index < -0.39 is 27.0 Å². The second-order valence-corrected chi connectivity index (χ2v) is 33.0. The van der Waals surface area contributed by atoms with Crippen LogP contribution in [0.15, 0.2) is 140 Å². The van der Waals surface area contributed by atoms with Crippen molar-refractivity contribution in [2.45, 2.75) is 172 Å². The molecule has 0 amide bonds. The third kappa shape index (κ3) is 22.1. The Hall–Kier alpha value is -3.33. The first-order valence-corrected chi connectivity index (χ1v) is 37.4. The zero-order chi connectivity index (χ0) is 56.9. The molecule has 6 aromatic rings. The second kappa shape index (κ2) is 32.7. The predicted molar refractivity (Wildman–Crippen MR) is 331 cm³/mol. The molecule has 6 aromatic carbocycles. The van der Waals surface area contributed by atoms with Crippen molar-refractivity contribution in [2.24, 2.45) is 0 Å². The van der Waals surface area contributed by atoms with E-state index in [9.17, 15) is 0 Å². The van der Waals surface area contributed by atoms with E-state index in [1.54, 1.807) is 0 Å². The fourth-order valence-electron chi connectivity index (χ4n) is 8.80. The zero-order valence-corrected chi connectivity index (χ0v) is 55.1. The van der Waals surface area contributed by atoms with E-state index in [2.05, 4.69) is 211 Å². The number of rotatable bonds is 18. The molecule has 10 heteroatoms. The smallest absolute Gasteiger partial charge is 0.0141 e. The number of anilines is 2. The van der Waals surface area contributed by atoms with Crippen molar-refractivity contribution in [1.29, 1.82) is 0 Å². The number of hydrogen-bond donors (Lipinski definition) is 0. The van der Waals surface area contributed by atoms with Gasteiger partial charge in [0.05, 0.1) is 0 Å². The summed E-state index contributed by atoms with van der Waals surface area (Å²) in [5.74, 6) is 2.21. The average Bonchev–Trinajstić information content (AvgIpc) is 3.34. The van der Waals surface area contributed by atoms with Gasteiger partial charge in [0.2, 0.25) is 0 Å². The topological polar surface area (TPSA) is 24.9 Å². The normalized spacial score (nSPS) is 11.7. The Balaban J connectivity index is 0.000000276. The molecule has 0 spiro atoms. The van der Waals surface area contributed by atoms with E-state index in [0.29, 0.717) is 18.0 Å². The third-order valence-electron chi connectivity index (χ3n) is 12.3. The summed E-state index contributed by atoms with van der Waals surface area (Å²) in [7, 11) is 23.3. The molecule has 0 saturated heterocycles. The maximum absolute atomic E-state index is 5.82. The van der Waals surface area contributed by atoms with Crippen LogP contribution in [0.3, 0.4) is 0 Å². The zero-order valence-electron chi connectivity index (χ0n) is 48.6. The van der Waals surface area contributed by atoms with Crippen molar-refractivity contribution < 1.29 is 36.5 Å². The summed E-state index contributed by atoms with van der Waals surface area (Å²) in [5, 5.41) is 0. The minimum atomic E-state index is -1.77. The van der Waals surface area contributed by atoms with Crippen molar-refractivity contribution in [3.63, 3.8) is 0 Å². The van der Waals surface area contributed by atoms with Gasteiger partial charge in [-0.2, -0.15) is 0 Å². The molecule has 0 aliphatic carbocycles. The molecule has 0 radical (unpaired) electrons. The van der Waals surface area contributed by atoms with Gasteiger partial charge >= 0.3 is 196 Å². The predicted octanol–water partition coefficient (Wildman–Crippen LogP) is 19.8. The van der Waals surface area contributed by atoms with E-state index in [1.807, 2.05) is 85.4 Å². The molecule has 6 rings (SSSR count). The molecule has 0 aliphatic rings. The molecule has 0 bridgehead atoms. The van der Waals surface area contributed by atoms with Gasteiger partial charge in [0, 0.05) is 11.4 Å². The molecule has 0 aliphatic heterocycles. The van der Waals surface area contributed by atoms with E-state index >= 15 is 0 Å². The van der Waals surface area contributed by atoms with Crippen LogP contribution in [0.1, 0.15) is 160 Å². The first-order chi connectivity index (χ1) is 35.7. The Morgan fingerprint density at radius 3 is 1.21 bits per heavy atom. The first-order valence-electron chi connectivity index (χ1n) is 26.5. The van der Waals surface area contributed by atoms with E-state index in [0.717, 1.165) is 29.0 Å². The third-order valence-corrected chi connectivity index (χ3v) is 16.0. The molecule has 0 N–H and O–H groups in total. The molecular weight excluding hydrogens is 1200 g/mol. The van der Waals surface area contributed by atoms with Gasteiger partial charge < -0.3 is 9.80 Å². The maximum atomic E-state index is 5.82. The number of para-hydroxylation sites is 3. The van der Waals surface area contributed by atoms with Gasteiger partial charge in [-0.05, 0) is 95.1 Å². The maximum Gasteiger partial charge on any atom is 0.0141 e. The van der Waals surface area contributed by atoms with Crippen LogP contribution < -0.4 is 19.3 Å². The monoisotopic (exact) mass is 1280 g/mol. The SMILES string of the molecule is CC(C)Oc1ccccc1[CH]=[Ru]([Cl])[Cl].CC(C)Oc1ccccc1[CH]=[Ru]([Cl])[Cl].CCc1cccc(C(C)C)c1N([CH-]C(C)(C)c1ccccc1)C(C)C.Cc1cc(C)c(N([CH-]C(C)(C)c2ccccc2)C(C)C)c(C)c1. The summed E-state index contributed by atoms with van der Waals surface area (Å²) in [6.45, 7) is 44.5. The van der Waals surface area contributed by atoms with Crippen molar-refractivity contribution in [1.82, 2.24) is 0 Å². The minimum absolute atomic E-state index is 0.0186. The summed E-state index contributed by atoms with van der Waals surface area (Å²) in [5.41, 5.74) is 14.3. The van der Waals surface area contributed by atoms with Crippen LogP contribution in [0, 0.1) is 33.9 Å². The number of ether oxygens (including phenoxy) is 2. The van der Waals surface area contributed by atoms with Crippen LogP contribution in [-0.2, 0) is 44.3 Å². The Bertz CT molecular complexity index is 2640. The number of hydrogen-bond acceptors (Lipinski definition) is 4. The number of nitrogens with zero attached hydrogens (tertiary/aromatic N) is 2. The molecule has 0 atom stereocenters. The minimum Gasteiger partial charge on any atom is -0.519 e. The molecule has 0 unspecified atom stereocenters. The van der Waals surface area contributed by atoms with Gasteiger partial charge in [0.15, 0.2) is 0 Å². The molecule has 420 valence electrons. The van der Waals surface area contributed by atoms with Gasteiger partial charge in [-0.15, -0.1) is 10.8 Å². The Kier molecular flexibility index (Phi) is 28.8. The summed E-state index contributed by atoms with van der Waals surface area (Å²) >= 11 is -3.54. The van der Waals surface area contributed by atoms with E-state index in [1.165, 1.54) is 50.3 Å². The van der Waals surface area contributed by atoms with Gasteiger partial charge in [-0.1, -0.05) is 156 Å². The molecule has 4 nitrogen and oxygen atoms in total. The number of aryl methyl sites for hydroxylation is 4. The van der Waals surface area contributed by atoms with Crippen molar-refractivity contribution in [3.05, 3.63) is 203 Å². The molecule has 0 heterocycles. The summed E-state index contributed by atoms with van der Waals surface area (Å²) in [6, 6.07) is 49.2. The fourth-order valence-corrected chi connectivity index (χ4v) is 12.4.